The van der Waals surface area contributed by atoms with E-state index in [0.29, 0.717) is 61.7 Å². The Morgan fingerprint density at radius 3 is 1.21 bits per heavy atom. The van der Waals surface area contributed by atoms with Crippen LogP contribution in [0, 0.1) is 0 Å². The summed E-state index contributed by atoms with van der Waals surface area (Å²) in [5.74, 6) is 0. The molecular formula is C16H39ClN2O5+2. The molecule has 0 aliphatic carbocycles. The van der Waals surface area contributed by atoms with Crippen LogP contribution in [0.2, 0.25) is 0 Å². The van der Waals surface area contributed by atoms with Crippen molar-refractivity contribution in [3.63, 3.8) is 0 Å². The zero-order chi connectivity index (χ0) is 17.9. The zero-order valence-electron chi connectivity index (χ0n) is 16.2. The Morgan fingerprint density at radius 1 is 0.625 bits per heavy atom. The molecule has 0 bridgehead atoms. The number of aliphatic hydroxyl groups excluding tert-OH is 2. The van der Waals surface area contributed by atoms with Gasteiger partial charge in [-0.3, -0.25) is 0 Å². The van der Waals surface area contributed by atoms with Gasteiger partial charge in [-0.05, 0) is 0 Å². The second-order valence-electron chi connectivity index (χ2n) is 8.02. The Morgan fingerprint density at radius 2 is 0.917 bits per heavy atom. The van der Waals surface area contributed by atoms with Crippen LogP contribution in [0.4, 0.5) is 0 Å². The van der Waals surface area contributed by atoms with Crippen LogP contribution in [0.25, 0.3) is 0 Å². The number of hydrogen-bond acceptors (Lipinski definition) is 5. The maximum absolute atomic E-state index is 9.76. The molecule has 0 aromatic heterocycles. The van der Waals surface area contributed by atoms with Crippen LogP contribution >= 0.6 is 12.4 Å². The highest BCUT2D eigenvalue weighted by Crippen LogP contribution is 1.97. The van der Waals surface area contributed by atoms with Crippen molar-refractivity contribution in [2.45, 2.75) is 12.2 Å². The molecule has 0 amide bonds. The fraction of sp³-hybridized carbons (Fsp3) is 1.00. The Bertz CT molecular complexity index is 267. The zero-order valence-corrected chi connectivity index (χ0v) is 17.0. The van der Waals surface area contributed by atoms with Gasteiger partial charge >= 0.3 is 0 Å². The summed E-state index contributed by atoms with van der Waals surface area (Å²) in [4.78, 5) is 0. The standard InChI is InChI=1S/C16H38N2O5.ClH/c1-17(2,3)11-15(19)13-22-9-7-21-8-10-23-14-16(20)12-18(4,5)6;/h15-16,19-20H,7-14H2,1-6H3;1H/q+2;. The van der Waals surface area contributed by atoms with Gasteiger partial charge in [0.2, 0.25) is 0 Å². The number of rotatable bonds is 14. The molecule has 0 saturated heterocycles. The van der Waals surface area contributed by atoms with E-state index in [1.165, 1.54) is 0 Å². The molecule has 2 unspecified atom stereocenters. The highest BCUT2D eigenvalue weighted by atomic mass is 35.5. The van der Waals surface area contributed by atoms with Crippen molar-refractivity contribution < 1.29 is 33.4 Å². The summed E-state index contributed by atoms with van der Waals surface area (Å²) in [6, 6.07) is 0. The van der Waals surface area contributed by atoms with Crippen LogP contribution in [-0.4, -0.2) is 126 Å². The summed E-state index contributed by atoms with van der Waals surface area (Å²) >= 11 is 0. The minimum Gasteiger partial charge on any atom is -0.385 e. The van der Waals surface area contributed by atoms with E-state index in [-0.39, 0.29) is 12.4 Å². The van der Waals surface area contributed by atoms with Crippen LogP contribution in [0.3, 0.4) is 0 Å². The monoisotopic (exact) mass is 374 g/mol. The molecular weight excluding hydrogens is 336 g/mol. The Hall–Kier alpha value is 0.01000. The van der Waals surface area contributed by atoms with Gasteiger partial charge in [0.05, 0.1) is 81.9 Å². The van der Waals surface area contributed by atoms with E-state index in [1.807, 2.05) is 42.3 Å². The molecule has 2 N–H and O–H groups in total. The molecule has 0 aliphatic heterocycles. The average Bonchev–Trinajstić information content (AvgIpc) is 2.32. The van der Waals surface area contributed by atoms with Gasteiger partial charge in [0.25, 0.3) is 0 Å². The fourth-order valence-corrected chi connectivity index (χ4v) is 2.15. The summed E-state index contributed by atoms with van der Waals surface area (Å²) in [6.45, 7) is 3.83. The highest BCUT2D eigenvalue weighted by Gasteiger charge is 2.16. The fourth-order valence-electron chi connectivity index (χ4n) is 2.15. The van der Waals surface area contributed by atoms with Crippen molar-refractivity contribution in [3.05, 3.63) is 0 Å². The highest BCUT2D eigenvalue weighted by molar-refractivity contribution is 5.85. The summed E-state index contributed by atoms with van der Waals surface area (Å²) < 4.78 is 17.5. The van der Waals surface area contributed by atoms with Crippen molar-refractivity contribution in [2.24, 2.45) is 0 Å². The molecule has 148 valence electrons. The molecule has 0 saturated carbocycles. The van der Waals surface area contributed by atoms with E-state index in [2.05, 4.69) is 0 Å². The minimum atomic E-state index is -0.457. The Kier molecular flexibility index (Phi) is 14.5. The lowest BCUT2D eigenvalue weighted by Crippen LogP contribution is -2.43. The van der Waals surface area contributed by atoms with Gasteiger partial charge in [0.15, 0.2) is 0 Å². The van der Waals surface area contributed by atoms with E-state index in [9.17, 15) is 10.2 Å². The smallest absolute Gasteiger partial charge is 0.126 e. The first-order valence-corrected chi connectivity index (χ1v) is 8.20. The molecule has 24 heavy (non-hydrogen) atoms. The third kappa shape index (κ3) is 20.1. The predicted octanol–water partition coefficient (Wildman–Crippen LogP) is -0.408. The first kappa shape index (κ1) is 26.2. The summed E-state index contributed by atoms with van der Waals surface area (Å²) in [5, 5.41) is 19.5. The third-order valence-corrected chi connectivity index (χ3v) is 2.88. The molecule has 2 atom stereocenters. The SMILES string of the molecule is C[N+](C)(C)CC(O)COCCOCCOCC(O)C[N+](C)(C)C.Cl. The molecule has 0 aliphatic rings. The van der Waals surface area contributed by atoms with Crippen molar-refractivity contribution in [1.82, 2.24) is 0 Å². The van der Waals surface area contributed by atoms with E-state index in [4.69, 9.17) is 14.2 Å². The summed E-state index contributed by atoms with van der Waals surface area (Å²) in [5.41, 5.74) is 0. The van der Waals surface area contributed by atoms with Gasteiger partial charge in [0.1, 0.15) is 25.3 Å². The predicted molar refractivity (Wildman–Crippen MR) is 97.5 cm³/mol. The number of quaternary nitrogens is 2. The molecule has 0 aromatic carbocycles. The van der Waals surface area contributed by atoms with Crippen LogP contribution in [0.15, 0.2) is 0 Å². The number of hydrogen-bond donors (Lipinski definition) is 2. The van der Waals surface area contributed by atoms with Crippen LogP contribution in [0.5, 0.6) is 0 Å². The molecule has 0 spiro atoms. The first-order valence-electron chi connectivity index (χ1n) is 8.20. The summed E-state index contributed by atoms with van der Waals surface area (Å²) in [7, 11) is 12.2. The third-order valence-electron chi connectivity index (χ3n) is 2.88. The van der Waals surface area contributed by atoms with Crippen LogP contribution in [0.1, 0.15) is 0 Å². The molecule has 7 nitrogen and oxygen atoms in total. The number of halogens is 1. The molecule has 0 fully saturated rings. The number of ether oxygens (including phenoxy) is 3. The Labute approximate surface area is 153 Å². The quantitative estimate of drug-likeness (QED) is 0.319. The van der Waals surface area contributed by atoms with Crippen LogP contribution in [-0.2, 0) is 14.2 Å². The molecule has 0 aromatic rings. The summed E-state index contributed by atoms with van der Waals surface area (Å²) in [6.07, 6.45) is -0.915. The number of likely N-dealkylation sites (N-methyl/N-ethyl adjacent to an activating group) is 2. The van der Waals surface area contributed by atoms with E-state index in [1.54, 1.807) is 0 Å². The second kappa shape index (κ2) is 13.2. The lowest BCUT2D eigenvalue weighted by molar-refractivity contribution is -0.873. The van der Waals surface area contributed by atoms with Crippen molar-refractivity contribution in [1.29, 1.82) is 0 Å². The van der Waals surface area contributed by atoms with Crippen molar-refractivity contribution >= 4 is 12.4 Å². The first-order chi connectivity index (χ1) is 10.5. The molecule has 0 heterocycles. The van der Waals surface area contributed by atoms with Gasteiger partial charge in [-0.15, -0.1) is 12.4 Å². The molecule has 0 rings (SSSR count). The molecule has 0 radical (unpaired) electrons. The number of nitrogens with zero attached hydrogens (tertiary/aromatic N) is 2. The maximum atomic E-state index is 9.76. The second-order valence-corrected chi connectivity index (χ2v) is 8.02. The van der Waals surface area contributed by atoms with Gasteiger partial charge in [-0.1, -0.05) is 0 Å². The molecule has 8 heteroatoms. The van der Waals surface area contributed by atoms with E-state index in [0.717, 1.165) is 0 Å². The van der Waals surface area contributed by atoms with Crippen molar-refractivity contribution in [2.75, 3.05) is 95.0 Å². The average molecular weight is 375 g/mol. The topological polar surface area (TPSA) is 68.2 Å². The maximum Gasteiger partial charge on any atom is 0.126 e. The van der Waals surface area contributed by atoms with Gasteiger partial charge in [-0.2, -0.15) is 0 Å². The minimum absolute atomic E-state index is 0. The largest absolute Gasteiger partial charge is 0.385 e. The van der Waals surface area contributed by atoms with E-state index < -0.39 is 12.2 Å². The van der Waals surface area contributed by atoms with Gasteiger partial charge < -0.3 is 33.4 Å². The lowest BCUT2D eigenvalue weighted by Gasteiger charge is -2.26. The normalized spacial score (nSPS) is 15.0. The Balaban J connectivity index is 0. The van der Waals surface area contributed by atoms with Gasteiger partial charge in [-0.25, -0.2) is 0 Å². The lowest BCUT2D eigenvalue weighted by atomic mass is 10.3. The van der Waals surface area contributed by atoms with Crippen LogP contribution < -0.4 is 0 Å². The van der Waals surface area contributed by atoms with E-state index >= 15 is 0 Å². The van der Waals surface area contributed by atoms with Gasteiger partial charge in [0, 0.05) is 0 Å². The van der Waals surface area contributed by atoms with Crippen molar-refractivity contribution in [3.8, 4) is 0 Å². The number of aliphatic hydroxyl groups is 2.